The summed E-state index contributed by atoms with van der Waals surface area (Å²) < 4.78 is 23.3. The number of fused-ring (bicyclic) bond motifs is 1. The van der Waals surface area contributed by atoms with E-state index in [4.69, 9.17) is 10.7 Å². The minimum Gasteiger partial charge on any atom is -0.207 e. The smallest absolute Gasteiger partial charge is 0.207 e. The summed E-state index contributed by atoms with van der Waals surface area (Å²) in [6.45, 7) is 0. The third-order valence-electron chi connectivity index (χ3n) is 3.21. The highest BCUT2D eigenvalue weighted by molar-refractivity contribution is 8.13. The lowest BCUT2D eigenvalue weighted by molar-refractivity contribution is 0.610. The van der Waals surface area contributed by atoms with E-state index in [2.05, 4.69) is 0 Å². The van der Waals surface area contributed by atoms with Gasteiger partial charge >= 0.3 is 0 Å². The number of hydrogen-bond acceptors (Lipinski definition) is 2. The maximum Gasteiger partial charge on any atom is 0.261 e. The van der Waals surface area contributed by atoms with Gasteiger partial charge in [-0.3, -0.25) is 0 Å². The van der Waals surface area contributed by atoms with Crippen LogP contribution >= 0.6 is 10.7 Å². The van der Waals surface area contributed by atoms with E-state index in [9.17, 15) is 8.42 Å². The molecule has 0 fully saturated rings. The Hall–Kier alpha value is -1.84. The van der Waals surface area contributed by atoms with Crippen molar-refractivity contribution in [2.24, 2.45) is 0 Å². The van der Waals surface area contributed by atoms with Crippen LogP contribution in [-0.2, 0) is 9.05 Å². The molecule has 0 aliphatic carbocycles. The normalized spacial score (nSPS) is 11.7. The second-order valence-corrected chi connectivity index (χ2v) is 7.03. The fourth-order valence-electron chi connectivity index (χ4n) is 2.27. The molecule has 4 heteroatoms. The molecular weight excluding hydrogens is 292 g/mol. The van der Waals surface area contributed by atoms with Gasteiger partial charge in [0.1, 0.15) is 0 Å². The minimum atomic E-state index is -3.76. The van der Waals surface area contributed by atoms with Gasteiger partial charge in [0.15, 0.2) is 0 Å². The second-order valence-electron chi connectivity index (χ2n) is 4.50. The van der Waals surface area contributed by atoms with Crippen LogP contribution in [0.1, 0.15) is 0 Å². The molecule has 100 valence electrons. The van der Waals surface area contributed by atoms with Crippen LogP contribution in [0, 0.1) is 0 Å². The second kappa shape index (κ2) is 4.93. The zero-order valence-corrected chi connectivity index (χ0v) is 12.0. The summed E-state index contributed by atoms with van der Waals surface area (Å²) in [4.78, 5) is 0.136. The average Bonchev–Trinajstić information content (AvgIpc) is 2.46. The minimum absolute atomic E-state index is 0.136. The van der Waals surface area contributed by atoms with Crippen molar-refractivity contribution in [2.75, 3.05) is 0 Å². The van der Waals surface area contributed by atoms with E-state index in [1.165, 1.54) is 6.07 Å². The van der Waals surface area contributed by atoms with Gasteiger partial charge in [-0.25, -0.2) is 8.42 Å². The summed E-state index contributed by atoms with van der Waals surface area (Å²) in [6.07, 6.45) is 0. The maximum atomic E-state index is 11.7. The number of halogens is 1. The molecule has 0 spiro atoms. The van der Waals surface area contributed by atoms with Gasteiger partial charge in [-0.1, -0.05) is 54.6 Å². The highest BCUT2D eigenvalue weighted by atomic mass is 35.7. The standard InChI is InChI=1S/C16H11ClO2S/c17-20(18,19)16-8-4-3-7-15(16)14-10-9-12-5-1-2-6-13(12)11-14/h1-11H. The van der Waals surface area contributed by atoms with E-state index in [-0.39, 0.29) is 4.90 Å². The fraction of sp³-hybridized carbons (Fsp3) is 0. The summed E-state index contributed by atoms with van der Waals surface area (Å²) in [7, 11) is 1.74. The molecule has 3 rings (SSSR count). The number of rotatable bonds is 2. The van der Waals surface area contributed by atoms with Gasteiger partial charge in [0, 0.05) is 16.2 Å². The third-order valence-corrected chi connectivity index (χ3v) is 4.59. The monoisotopic (exact) mass is 302 g/mol. The number of benzene rings is 3. The van der Waals surface area contributed by atoms with Crippen LogP contribution < -0.4 is 0 Å². The lowest BCUT2D eigenvalue weighted by atomic mass is 10.0. The first-order valence-corrected chi connectivity index (χ1v) is 8.39. The molecule has 0 aliphatic rings. The molecule has 3 aromatic rings. The number of hydrogen-bond donors (Lipinski definition) is 0. The highest BCUT2D eigenvalue weighted by Gasteiger charge is 2.16. The van der Waals surface area contributed by atoms with Crippen molar-refractivity contribution in [3.05, 3.63) is 66.7 Å². The van der Waals surface area contributed by atoms with Crippen LogP contribution in [0.15, 0.2) is 71.6 Å². The van der Waals surface area contributed by atoms with Crippen molar-refractivity contribution >= 4 is 30.5 Å². The molecule has 0 bridgehead atoms. The van der Waals surface area contributed by atoms with E-state index < -0.39 is 9.05 Å². The summed E-state index contributed by atoms with van der Waals surface area (Å²) >= 11 is 0. The van der Waals surface area contributed by atoms with Crippen molar-refractivity contribution in [1.29, 1.82) is 0 Å². The molecule has 20 heavy (non-hydrogen) atoms. The van der Waals surface area contributed by atoms with Crippen molar-refractivity contribution < 1.29 is 8.42 Å². The molecule has 0 aromatic heterocycles. The molecule has 0 radical (unpaired) electrons. The first-order chi connectivity index (χ1) is 9.55. The fourth-order valence-corrected chi connectivity index (χ4v) is 3.37. The van der Waals surface area contributed by atoms with Crippen LogP contribution in [0.4, 0.5) is 0 Å². The van der Waals surface area contributed by atoms with E-state index in [0.717, 1.165) is 16.3 Å². The predicted molar refractivity (Wildman–Crippen MR) is 82.4 cm³/mol. The van der Waals surface area contributed by atoms with E-state index in [0.29, 0.717) is 5.56 Å². The Labute approximate surface area is 122 Å². The quantitative estimate of drug-likeness (QED) is 0.656. The molecule has 2 nitrogen and oxygen atoms in total. The Morgan fingerprint density at radius 1 is 0.750 bits per heavy atom. The van der Waals surface area contributed by atoms with Gasteiger partial charge in [-0.05, 0) is 28.5 Å². The summed E-state index contributed by atoms with van der Waals surface area (Å²) in [5.74, 6) is 0. The van der Waals surface area contributed by atoms with Crippen molar-refractivity contribution in [2.45, 2.75) is 4.90 Å². The van der Waals surface area contributed by atoms with Gasteiger partial charge in [0.25, 0.3) is 9.05 Å². The zero-order chi connectivity index (χ0) is 14.2. The third kappa shape index (κ3) is 2.42. The van der Waals surface area contributed by atoms with Crippen molar-refractivity contribution in [3.8, 4) is 11.1 Å². The van der Waals surface area contributed by atoms with Crippen LogP contribution in [0.5, 0.6) is 0 Å². The molecular formula is C16H11ClO2S. The Bertz CT molecular complexity index is 886. The molecule has 0 unspecified atom stereocenters. The van der Waals surface area contributed by atoms with Crippen molar-refractivity contribution in [1.82, 2.24) is 0 Å². The lowest BCUT2D eigenvalue weighted by Crippen LogP contribution is -1.94. The molecule has 0 saturated heterocycles. The van der Waals surface area contributed by atoms with Crippen LogP contribution in [-0.4, -0.2) is 8.42 Å². The lowest BCUT2D eigenvalue weighted by Gasteiger charge is -2.08. The van der Waals surface area contributed by atoms with Gasteiger partial charge in [-0.2, -0.15) is 0 Å². The first-order valence-electron chi connectivity index (χ1n) is 6.08. The molecule has 0 N–H and O–H groups in total. The van der Waals surface area contributed by atoms with Gasteiger partial charge < -0.3 is 0 Å². The van der Waals surface area contributed by atoms with Crippen LogP contribution in [0.25, 0.3) is 21.9 Å². The first kappa shape index (κ1) is 13.2. The Morgan fingerprint density at radius 3 is 2.15 bits per heavy atom. The molecule has 0 heterocycles. The van der Waals surface area contributed by atoms with E-state index in [1.54, 1.807) is 18.2 Å². The molecule has 3 aromatic carbocycles. The van der Waals surface area contributed by atoms with E-state index in [1.807, 2.05) is 42.5 Å². The molecule has 0 atom stereocenters. The molecule has 0 aliphatic heterocycles. The maximum absolute atomic E-state index is 11.7. The Kier molecular flexibility index (Phi) is 3.24. The summed E-state index contributed by atoms with van der Waals surface area (Å²) in [5, 5.41) is 2.18. The van der Waals surface area contributed by atoms with Crippen LogP contribution in [0.2, 0.25) is 0 Å². The Morgan fingerprint density at radius 2 is 1.40 bits per heavy atom. The van der Waals surface area contributed by atoms with Gasteiger partial charge in [-0.15, -0.1) is 0 Å². The highest BCUT2D eigenvalue weighted by Crippen LogP contribution is 2.31. The van der Waals surface area contributed by atoms with Crippen molar-refractivity contribution in [3.63, 3.8) is 0 Å². The van der Waals surface area contributed by atoms with Gasteiger partial charge in [0.2, 0.25) is 0 Å². The van der Waals surface area contributed by atoms with E-state index >= 15 is 0 Å². The van der Waals surface area contributed by atoms with Gasteiger partial charge in [0.05, 0.1) is 4.90 Å². The largest absolute Gasteiger partial charge is 0.261 e. The zero-order valence-electron chi connectivity index (χ0n) is 10.5. The summed E-state index contributed by atoms with van der Waals surface area (Å²) in [6, 6.07) is 20.5. The average molecular weight is 303 g/mol. The molecule has 0 amide bonds. The SMILES string of the molecule is O=S(=O)(Cl)c1ccccc1-c1ccc2ccccc2c1. The molecule has 0 saturated carbocycles. The topological polar surface area (TPSA) is 34.1 Å². The van der Waals surface area contributed by atoms with Crippen LogP contribution in [0.3, 0.4) is 0 Å². The Balaban J connectivity index is 2.26. The summed E-state index contributed by atoms with van der Waals surface area (Å²) in [5.41, 5.74) is 1.46. The predicted octanol–water partition coefficient (Wildman–Crippen LogP) is 4.43.